The van der Waals surface area contributed by atoms with Crippen LogP contribution >= 0.6 is 0 Å². The van der Waals surface area contributed by atoms with Gasteiger partial charge in [0.2, 0.25) is 10.9 Å². The lowest BCUT2D eigenvalue weighted by Crippen LogP contribution is -2.16. The number of phenols is 2. The van der Waals surface area contributed by atoms with Crippen LogP contribution in [-0.4, -0.2) is 43.9 Å². The summed E-state index contributed by atoms with van der Waals surface area (Å²) in [5, 5.41) is 38.0. The second kappa shape index (κ2) is 8.91. The SMILES string of the molecule is CC(=O)c1cc2c(=O)c3c(C(=O)O)c(O)c(O)cc3oc2c(C(C)=O)c1-c1coc2cccc(C(=O)O)c2c1=O. The smallest absolute Gasteiger partial charge is 0.340 e. The molecule has 0 aliphatic carbocycles. The molecule has 2 heterocycles. The van der Waals surface area contributed by atoms with E-state index in [1.807, 2.05) is 0 Å². The van der Waals surface area contributed by atoms with Crippen LogP contribution in [0.4, 0.5) is 0 Å². The fourth-order valence-corrected chi connectivity index (χ4v) is 4.75. The third-order valence-electron chi connectivity index (χ3n) is 6.45. The Morgan fingerprint density at radius 1 is 0.775 bits per heavy atom. The number of carboxylic acids is 2. The van der Waals surface area contributed by atoms with Gasteiger partial charge in [-0.15, -0.1) is 0 Å². The number of hydrogen-bond acceptors (Lipinski definition) is 10. The average molecular weight is 544 g/mol. The number of carboxylic acid groups (broad SMARTS) is 2. The molecule has 40 heavy (non-hydrogen) atoms. The summed E-state index contributed by atoms with van der Waals surface area (Å²) in [6.07, 6.45) is 0.946. The van der Waals surface area contributed by atoms with E-state index in [-0.39, 0.29) is 27.7 Å². The van der Waals surface area contributed by atoms with Crippen molar-refractivity contribution in [2.75, 3.05) is 0 Å². The molecule has 0 amide bonds. The van der Waals surface area contributed by atoms with E-state index in [0.717, 1.165) is 32.2 Å². The van der Waals surface area contributed by atoms with Gasteiger partial charge in [0.05, 0.1) is 32.8 Å². The van der Waals surface area contributed by atoms with Gasteiger partial charge in [-0.3, -0.25) is 19.2 Å². The van der Waals surface area contributed by atoms with E-state index in [1.165, 1.54) is 18.2 Å². The van der Waals surface area contributed by atoms with E-state index in [0.29, 0.717) is 0 Å². The maximum atomic E-state index is 13.7. The Labute approximate surface area is 220 Å². The molecule has 0 radical (unpaired) electrons. The summed E-state index contributed by atoms with van der Waals surface area (Å²) in [5.41, 5.74) is -5.72. The van der Waals surface area contributed by atoms with E-state index in [4.69, 9.17) is 8.83 Å². The number of ketones is 2. The minimum Gasteiger partial charge on any atom is -0.504 e. The second-order valence-electron chi connectivity index (χ2n) is 8.85. The lowest BCUT2D eigenvalue weighted by molar-refractivity contribution is 0.0685. The first-order valence-corrected chi connectivity index (χ1v) is 11.4. The highest BCUT2D eigenvalue weighted by molar-refractivity contribution is 6.18. The number of carbonyl (C=O) groups excluding carboxylic acids is 2. The van der Waals surface area contributed by atoms with Crippen molar-refractivity contribution in [3.8, 4) is 22.6 Å². The molecule has 12 nitrogen and oxygen atoms in total. The van der Waals surface area contributed by atoms with E-state index >= 15 is 0 Å². The first kappa shape index (κ1) is 25.9. The number of fused-ring (bicyclic) bond motifs is 3. The van der Waals surface area contributed by atoms with Crippen molar-refractivity contribution in [2.24, 2.45) is 0 Å². The monoisotopic (exact) mass is 544 g/mol. The molecule has 0 fully saturated rings. The summed E-state index contributed by atoms with van der Waals surface area (Å²) in [4.78, 5) is 76.7. The van der Waals surface area contributed by atoms with Crippen LogP contribution in [0.2, 0.25) is 0 Å². The van der Waals surface area contributed by atoms with Gasteiger partial charge in [-0.05, 0) is 32.0 Å². The van der Waals surface area contributed by atoms with Gasteiger partial charge in [-0.1, -0.05) is 6.07 Å². The maximum absolute atomic E-state index is 13.7. The van der Waals surface area contributed by atoms with Gasteiger partial charge in [-0.25, -0.2) is 9.59 Å². The Morgan fingerprint density at radius 2 is 1.48 bits per heavy atom. The molecule has 12 heteroatoms. The van der Waals surface area contributed by atoms with Crippen LogP contribution in [0.25, 0.3) is 44.0 Å². The summed E-state index contributed by atoms with van der Waals surface area (Å²) in [6.45, 7) is 2.16. The number of hydrogen-bond donors (Lipinski definition) is 4. The van der Waals surface area contributed by atoms with Gasteiger partial charge in [0.15, 0.2) is 23.1 Å². The molecular formula is C28H16O12. The minimum atomic E-state index is -1.76. The fourth-order valence-electron chi connectivity index (χ4n) is 4.75. The van der Waals surface area contributed by atoms with Gasteiger partial charge in [-0.2, -0.15) is 0 Å². The van der Waals surface area contributed by atoms with Crippen LogP contribution in [0, 0.1) is 0 Å². The molecular weight excluding hydrogens is 528 g/mol. The highest BCUT2D eigenvalue weighted by Crippen LogP contribution is 2.39. The van der Waals surface area contributed by atoms with Crippen LogP contribution < -0.4 is 10.9 Å². The lowest BCUT2D eigenvalue weighted by Gasteiger charge is -2.15. The highest BCUT2D eigenvalue weighted by atomic mass is 16.4. The minimum absolute atomic E-state index is 0.0720. The van der Waals surface area contributed by atoms with E-state index in [9.17, 15) is 49.2 Å². The molecule has 0 unspecified atom stereocenters. The highest BCUT2D eigenvalue weighted by Gasteiger charge is 2.30. The molecule has 4 N–H and O–H groups in total. The zero-order chi connectivity index (χ0) is 29.2. The van der Waals surface area contributed by atoms with Crippen molar-refractivity contribution in [3.05, 3.63) is 79.3 Å². The Bertz CT molecular complexity index is 2130. The first-order valence-electron chi connectivity index (χ1n) is 11.4. The molecule has 0 saturated carbocycles. The molecule has 200 valence electrons. The Morgan fingerprint density at radius 3 is 2.08 bits per heavy atom. The molecule has 5 aromatic rings. The quantitative estimate of drug-likeness (QED) is 0.141. The Hall–Kier alpha value is -5.78. The molecule has 0 aliphatic rings. The van der Waals surface area contributed by atoms with Crippen LogP contribution in [0.1, 0.15) is 55.3 Å². The summed E-state index contributed by atoms with van der Waals surface area (Å²) < 4.78 is 11.2. The number of aromatic carboxylic acids is 2. The van der Waals surface area contributed by atoms with Crippen molar-refractivity contribution in [2.45, 2.75) is 13.8 Å². The summed E-state index contributed by atoms with van der Waals surface area (Å²) >= 11 is 0. The van der Waals surface area contributed by atoms with Gasteiger partial charge in [0.1, 0.15) is 28.6 Å². The average Bonchev–Trinajstić information content (AvgIpc) is 2.88. The van der Waals surface area contributed by atoms with Gasteiger partial charge >= 0.3 is 11.9 Å². The summed E-state index contributed by atoms with van der Waals surface area (Å²) in [6, 6.07) is 5.69. The van der Waals surface area contributed by atoms with E-state index in [1.54, 1.807) is 0 Å². The number of phenolic OH excluding ortho intramolecular Hbond substituents is 1. The number of rotatable bonds is 5. The Balaban J connectivity index is 2.05. The standard InChI is InChI=1S/C28H16O12/c1-9(29)12-6-13-23(32)21-17(7-15(31)25(34)22(21)28(37)38)40-26(13)18(10(2)30)19(12)14-8-39-16-5-3-4-11(27(35)36)20(16)24(14)33/h3-8,31,34H,1-2H3,(H,35,36)(H,37,38). The predicted octanol–water partition coefficient (Wildman–Crippen LogP) is 3.93. The molecule has 2 aromatic heterocycles. The van der Waals surface area contributed by atoms with Gasteiger partial charge in [0.25, 0.3) is 0 Å². The molecule has 0 saturated heterocycles. The van der Waals surface area contributed by atoms with Gasteiger partial charge < -0.3 is 29.3 Å². The molecule has 3 aromatic carbocycles. The predicted molar refractivity (Wildman–Crippen MR) is 139 cm³/mol. The molecule has 0 bridgehead atoms. The lowest BCUT2D eigenvalue weighted by atomic mass is 9.88. The van der Waals surface area contributed by atoms with Crippen LogP contribution in [0.3, 0.4) is 0 Å². The fraction of sp³-hybridized carbons (Fsp3) is 0.0714. The third kappa shape index (κ3) is 3.61. The zero-order valence-corrected chi connectivity index (χ0v) is 20.5. The van der Waals surface area contributed by atoms with Crippen LogP contribution in [-0.2, 0) is 0 Å². The summed E-state index contributed by atoms with van der Waals surface area (Å²) in [7, 11) is 0. The zero-order valence-electron chi connectivity index (χ0n) is 20.5. The molecule has 0 aliphatic heterocycles. The van der Waals surface area contributed by atoms with Crippen molar-refractivity contribution in [3.63, 3.8) is 0 Å². The van der Waals surface area contributed by atoms with Crippen LogP contribution in [0.5, 0.6) is 11.5 Å². The Kier molecular flexibility index (Phi) is 5.76. The number of carbonyl (C=O) groups is 4. The van der Waals surface area contributed by atoms with Gasteiger partial charge in [0, 0.05) is 17.2 Å². The molecule has 0 spiro atoms. The number of aromatic hydroxyl groups is 2. The summed E-state index contributed by atoms with van der Waals surface area (Å²) in [5.74, 6) is -6.70. The second-order valence-corrected chi connectivity index (χ2v) is 8.85. The van der Waals surface area contributed by atoms with Crippen molar-refractivity contribution in [1.82, 2.24) is 0 Å². The number of Topliss-reactive ketones (excluding diaryl/α,β-unsaturated/α-hetero) is 2. The van der Waals surface area contributed by atoms with Crippen LogP contribution in [0.15, 0.2) is 55.0 Å². The van der Waals surface area contributed by atoms with Crippen molar-refractivity contribution >= 4 is 56.4 Å². The van der Waals surface area contributed by atoms with Crippen molar-refractivity contribution < 1.29 is 48.4 Å². The largest absolute Gasteiger partial charge is 0.504 e. The first-order chi connectivity index (χ1) is 18.8. The maximum Gasteiger partial charge on any atom is 0.340 e. The third-order valence-corrected chi connectivity index (χ3v) is 6.45. The van der Waals surface area contributed by atoms with E-state index < -0.39 is 84.5 Å². The topological polar surface area (TPSA) is 210 Å². The number of benzene rings is 3. The normalized spacial score (nSPS) is 11.2. The molecule has 0 atom stereocenters. The van der Waals surface area contributed by atoms with Crippen molar-refractivity contribution in [1.29, 1.82) is 0 Å². The molecule has 5 rings (SSSR count). The van der Waals surface area contributed by atoms with E-state index in [2.05, 4.69) is 0 Å².